The number of carbonyl (C=O) groups is 2. The third-order valence-corrected chi connectivity index (χ3v) is 8.54. The van der Waals surface area contributed by atoms with Gasteiger partial charge in [0, 0.05) is 13.0 Å². The van der Waals surface area contributed by atoms with Crippen molar-refractivity contribution in [1.29, 1.82) is 0 Å². The topological polar surface area (TPSA) is 119 Å². The molecule has 0 aliphatic carbocycles. The van der Waals surface area contributed by atoms with Gasteiger partial charge in [-0.3, -0.25) is 9.59 Å². The number of nitrogens with zero attached hydrogens (tertiary/aromatic N) is 1. The molecule has 172 valence electrons. The highest BCUT2D eigenvalue weighted by Crippen LogP contribution is 2.29. The lowest BCUT2D eigenvalue weighted by atomic mass is 9.99. The number of nitrogens with one attached hydrogen (secondary N) is 1. The highest BCUT2D eigenvalue weighted by Gasteiger charge is 2.42. The van der Waals surface area contributed by atoms with Crippen LogP contribution < -0.4 is 11.1 Å². The highest BCUT2D eigenvalue weighted by molar-refractivity contribution is 7.91. The second-order valence-corrected chi connectivity index (χ2v) is 10.6. The molecular formula is C22H27N3O5S2. The van der Waals surface area contributed by atoms with Crippen LogP contribution in [-0.4, -0.2) is 55.9 Å². The number of ether oxygens (including phenoxy) is 1. The van der Waals surface area contributed by atoms with Gasteiger partial charge in [-0.1, -0.05) is 42.5 Å². The van der Waals surface area contributed by atoms with Gasteiger partial charge in [0.1, 0.15) is 16.3 Å². The van der Waals surface area contributed by atoms with Crippen LogP contribution in [0.3, 0.4) is 0 Å². The van der Waals surface area contributed by atoms with Crippen LogP contribution in [0, 0.1) is 0 Å². The lowest BCUT2D eigenvalue weighted by Gasteiger charge is -2.37. The van der Waals surface area contributed by atoms with Gasteiger partial charge >= 0.3 is 0 Å². The van der Waals surface area contributed by atoms with Crippen molar-refractivity contribution in [2.24, 2.45) is 5.73 Å². The van der Waals surface area contributed by atoms with Crippen molar-refractivity contribution in [3.63, 3.8) is 0 Å². The number of nitrogens with two attached hydrogens (primary N) is 1. The molecule has 1 fully saturated rings. The van der Waals surface area contributed by atoms with Gasteiger partial charge in [0.25, 0.3) is 10.0 Å². The van der Waals surface area contributed by atoms with Gasteiger partial charge in [0.2, 0.25) is 11.8 Å². The maximum atomic E-state index is 13.3. The third-order valence-electron chi connectivity index (χ3n) is 5.26. The lowest BCUT2D eigenvalue weighted by Crippen LogP contribution is -2.58. The van der Waals surface area contributed by atoms with E-state index in [-0.39, 0.29) is 29.7 Å². The Bertz CT molecular complexity index is 1030. The number of carbonyl (C=O) groups excluding carboxylic acids is 2. The molecule has 1 saturated heterocycles. The average Bonchev–Trinajstić information content (AvgIpc) is 3.33. The summed E-state index contributed by atoms with van der Waals surface area (Å²) in [6.07, 6.45) is 2.13. The number of piperidine rings is 1. The molecule has 2 amide bonds. The molecule has 10 heteroatoms. The fourth-order valence-corrected chi connectivity index (χ4v) is 6.39. The van der Waals surface area contributed by atoms with Gasteiger partial charge in [-0.15, -0.1) is 17.9 Å². The van der Waals surface area contributed by atoms with Crippen molar-refractivity contribution >= 4 is 33.2 Å². The van der Waals surface area contributed by atoms with E-state index >= 15 is 0 Å². The van der Waals surface area contributed by atoms with Gasteiger partial charge in [-0.2, -0.15) is 4.31 Å². The normalized spacial score (nSPS) is 20.4. The molecule has 3 rings (SSSR count). The van der Waals surface area contributed by atoms with Crippen LogP contribution in [-0.2, 0) is 30.8 Å². The Hall–Kier alpha value is -2.53. The van der Waals surface area contributed by atoms with Crippen LogP contribution in [0.1, 0.15) is 18.4 Å². The summed E-state index contributed by atoms with van der Waals surface area (Å²) in [7, 11) is -3.87. The van der Waals surface area contributed by atoms with Crippen LogP contribution in [0.4, 0.5) is 0 Å². The smallest absolute Gasteiger partial charge is 0.253 e. The number of primary amides is 1. The Balaban J connectivity index is 1.82. The van der Waals surface area contributed by atoms with E-state index in [0.717, 1.165) is 16.9 Å². The summed E-state index contributed by atoms with van der Waals surface area (Å²) >= 11 is 1.09. The van der Waals surface area contributed by atoms with Gasteiger partial charge in [0.05, 0.1) is 12.7 Å². The van der Waals surface area contributed by atoms with E-state index in [1.807, 2.05) is 30.3 Å². The second-order valence-electron chi connectivity index (χ2n) is 7.49. The van der Waals surface area contributed by atoms with Crippen LogP contribution in [0.5, 0.6) is 0 Å². The number of sulfonamides is 1. The van der Waals surface area contributed by atoms with Gasteiger partial charge in [-0.25, -0.2) is 8.42 Å². The Kier molecular flexibility index (Phi) is 8.19. The molecule has 8 nitrogen and oxygen atoms in total. The largest absolute Gasteiger partial charge is 0.374 e. The summed E-state index contributed by atoms with van der Waals surface area (Å²) < 4.78 is 33.5. The van der Waals surface area contributed by atoms with Crippen molar-refractivity contribution in [2.45, 2.75) is 41.7 Å². The van der Waals surface area contributed by atoms with E-state index in [0.29, 0.717) is 13.0 Å². The van der Waals surface area contributed by atoms with Crippen LogP contribution in [0.15, 0.2) is 64.7 Å². The summed E-state index contributed by atoms with van der Waals surface area (Å²) in [6.45, 7) is 4.05. The summed E-state index contributed by atoms with van der Waals surface area (Å²) in [4.78, 5) is 25.3. The van der Waals surface area contributed by atoms with Gasteiger partial charge in [-0.05, 0) is 29.9 Å². The van der Waals surface area contributed by atoms with Crippen molar-refractivity contribution in [3.8, 4) is 0 Å². The molecule has 0 unspecified atom stereocenters. The number of benzene rings is 1. The zero-order valence-corrected chi connectivity index (χ0v) is 19.2. The van der Waals surface area contributed by atoms with E-state index in [2.05, 4.69) is 11.9 Å². The second kappa shape index (κ2) is 10.9. The van der Waals surface area contributed by atoms with Crippen LogP contribution in [0.25, 0.3) is 0 Å². The summed E-state index contributed by atoms with van der Waals surface area (Å²) in [5.74, 6) is -1.26. The zero-order chi connectivity index (χ0) is 23.1. The van der Waals surface area contributed by atoms with Gasteiger partial charge in [0.15, 0.2) is 0 Å². The Morgan fingerprint density at radius 3 is 2.66 bits per heavy atom. The Morgan fingerprint density at radius 2 is 2.03 bits per heavy atom. The fourth-order valence-electron chi connectivity index (χ4n) is 3.66. The summed E-state index contributed by atoms with van der Waals surface area (Å²) in [6, 6.07) is 10.3. The molecule has 0 radical (unpaired) electrons. The molecule has 0 saturated carbocycles. The van der Waals surface area contributed by atoms with E-state index in [1.165, 1.54) is 10.4 Å². The van der Waals surface area contributed by atoms with Crippen LogP contribution >= 0.6 is 11.3 Å². The first kappa shape index (κ1) is 24.1. The molecule has 3 N–H and O–H groups in total. The number of thiophene rings is 1. The zero-order valence-electron chi connectivity index (χ0n) is 17.6. The highest BCUT2D eigenvalue weighted by atomic mass is 32.2. The maximum Gasteiger partial charge on any atom is 0.253 e. The third kappa shape index (κ3) is 5.83. The number of amides is 2. The molecule has 0 spiro atoms. The van der Waals surface area contributed by atoms with Crippen molar-refractivity contribution in [1.82, 2.24) is 9.62 Å². The molecule has 3 atom stereocenters. The summed E-state index contributed by atoms with van der Waals surface area (Å²) in [5.41, 5.74) is 6.36. The first-order valence-electron chi connectivity index (χ1n) is 10.2. The quantitative estimate of drug-likeness (QED) is 0.505. The maximum absolute atomic E-state index is 13.3. The standard InChI is InChI=1S/C22H27N3O5S2/c1-2-12-30-17-10-11-25(32(28,29)20-9-6-13-31-20)19(15-17)22(27)24-18(21(23)26)14-16-7-4-3-5-8-16/h2-9,13,17-19H,1,10-12,14-15H2,(H2,23,26)(H,24,27)/t17-,18-,19+/m1/s1. The first-order chi connectivity index (χ1) is 15.3. The molecule has 2 heterocycles. The average molecular weight is 478 g/mol. The monoisotopic (exact) mass is 477 g/mol. The van der Waals surface area contributed by atoms with Crippen LogP contribution in [0.2, 0.25) is 0 Å². The van der Waals surface area contributed by atoms with Crippen molar-refractivity contribution in [3.05, 3.63) is 66.1 Å². The molecular weight excluding hydrogens is 450 g/mol. The van der Waals surface area contributed by atoms with Crippen molar-refractivity contribution < 1.29 is 22.7 Å². The summed E-state index contributed by atoms with van der Waals surface area (Å²) in [5, 5.41) is 4.34. The molecule has 0 bridgehead atoms. The molecule has 2 aromatic rings. The minimum Gasteiger partial charge on any atom is -0.374 e. The predicted molar refractivity (Wildman–Crippen MR) is 122 cm³/mol. The number of hydrogen-bond acceptors (Lipinski definition) is 6. The molecule has 1 aliphatic rings. The predicted octanol–water partition coefficient (Wildman–Crippen LogP) is 1.69. The molecule has 32 heavy (non-hydrogen) atoms. The van der Waals surface area contributed by atoms with Crippen molar-refractivity contribution in [2.75, 3.05) is 13.2 Å². The Labute approximate surface area is 192 Å². The van der Waals surface area contributed by atoms with Gasteiger partial charge < -0.3 is 15.8 Å². The molecule has 1 aromatic heterocycles. The van der Waals surface area contributed by atoms with E-state index < -0.39 is 33.9 Å². The Morgan fingerprint density at radius 1 is 1.28 bits per heavy atom. The molecule has 1 aliphatic heterocycles. The SMILES string of the molecule is C=CCO[C@@H]1CCN(S(=O)(=O)c2cccs2)[C@H](C(=O)N[C@H](Cc2ccccc2)C(N)=O)C1. The number of hydrogen-bond donors (Lipinski definition) is 2. The van der Waals surface area contributed by atoms with E-state index in [9.17, 15) is 18.0 Å². The van der Waals surface area contributed by atoms with E-state index in [4.69, 9.17) is 10.5 Å². The minimum atomic E-state index is -3.87. The first-order valence-corrected chi connectivity index (χ1v) is 12.6. The fraction of sp³-hybridized carbons (Fsp3) is 0.364. The van der Waals surface area contributed by atoms with E-state index in [1.54, 1.807) is 17.5 Å². The molecule has 1 aromatic carbocycles. The minimum absolute atomic E-state index is 0.125. The number of rotatable bonds is 10. The lowest BCUT2D eigenvalue weighted by molar-refractivity contribution is -0.131.